The highest BCUT2D eigenvalue weighted by atomic mass is 32.1. The first kappa shape index (κ1) is 13.6. The van der Waals surface area contributed by atoms with Gasteiger partial charge in [0.05, 0.1) is 16.1 Å². The summed E-state index contributed by atoms with van der Waals surface area (Å²) in [5, 5.41) is 9.42. The molecule has 0 bridgehead atoms. The molecular formula is C16H15N3OS. The third-order valence-corrected chi connectivity index (χ3v) is 3.95. The molecule has 0 radical (unpaired) electrons. The normalized spacial score (nSPS) is 10.5. The molecule has 0 atom stereocenters. The van der Waals surface area contributed by atoms with Crippen LogP contribution in [0.25, 0.3) is 16.3 Å². The van der Waals surface area contributed by atoms with Gasteiger partial charge >= 0.3 is 0 Å². The van der Waals surface area contributed by atoms with Gasteiger partial charge in [-0.05, 0) is 30.5 Å². The van der Waals surface area contributed by atoms with Crippen molar-refractivity contribution in [2.45, 2.75) is 6.92 Å². The van der Waals surface area contributed by atoms with Crippen LogP contribution in [0.2, 0.25) is 0 Å². The second-order valence-corrected chi connectivity index (χ2v) is 5.46. The number of rotatable bonds is 4. The number of amides is 1. The highest BCUT2D eigenvalue weighted by Gasteiger charge is 2.18. The van der Waals surface area contributed by atoms with E-state index >= 15 is 0 Å². The van der Waals surface area contributed by atoms with Crippen molar-refractivity contribution >= 4 is 17.2 Å². The smallest absolute Gasteiger partial charge is 0.255 e. The Kier molecular flexibility index (Phi) is 3.83. The van der Waals surface area contributed by atoms with E-state index in [2.05, 4.69) is 10.4 Å². The van der Waals surface area contributed by atoms with Crippen LogP contribution in [0.1, 0.15) is 17.3 Å². The third-order valence-electron chi connectivity index (χ3n) is 3.07. The maximum absolute atomic E-state index is 12.2. The highest BCUT2D eigenvalue weighted by Crippen LogP contribution is 2.27. The van der Waals surface area contributed by atoms with Gasteiger partial charge in [-0.2, -0.15) is 5.10 Å². The lowest BCUT2D eigenvalue weighted by atomic mass is 10.2. The first-order chi connectivity index (χ1) is 10.3. The lowest BCUT2D eigenvalue weighted by molar-refractivity contribution is 0.0956. The zero-order chi connectivity index (χ0) is 14.7. The summed E-state index contributed by atoms with van der Waals surface area (Å²) in [6, 6.07) is 13.7. The summed E-state index contributed by atoms with van der Waals surface area (Å²) in [7, 11) is 0. The summed E-state index contributed by atoms with van der Waals surface area (Å²) >= 11 is 1.58. The van der Waals surface area contributed by atoms with E-state index < -0.39 is 0 Å². The van der Waals surface area contributed by atoms with Crippen molar-refractivity contribution in [3.05, 3.63) is 59.6 Å². The average Bonchev–Trinajstić information content (AvgIpc) is 3.17. The minimum atomic E-state index is -0.0944. The monoisotopic (exact) mass is 297 g/mol. The van der Waals surface area contributed by atoms with Crippen LogP contribution in [0.4, 0.5) is 0 Å². The quantitative estimate of drug-likeness (QED) is 0.802. The van der Waals surface area contributed by atoms with Gasteiger partial charge in [0.1, 0.15) is 5.69 Å². The fraction of sp³-hybridized carbons (Fsp3) is 0.125. The van der Waals surface area contributed by atoms with Crippen LogP contribution in [0.15, 0.2) is 54.0 Å². The molecule has 2 heterocycles. The molecule has 21 heavy (non-hydrogen) atoms. The Bertz CT molecular complexity index is 732. The van der Waals surface area contributed by atoms with Crippen molar-refractivity contribution in [3.63, 3.8) is 0 Å². The second kappa shape index (κ2) is 5.93. The number of para-hydroxylation sites is 1. The number of hydrogen-bond acceptors (Lipinski definition) is 3. The lowest BCUT2D eigenvalue weighted by Gasteiger charge is -2.00. The van der Waals surface area contributed by atoms with Crippen molar-refractivity contribution in [1.29, 1.82) is 0 Å². The van der Waals surface area contributed by atoms with E-state index in [1.54, 1.807) is 22.2 Å². The molecule has 0 fully saturated rings. The standard InChI is InChI=1S/C16H15N3OS/c1-2-17-16(20)13-11-19(12-7-4-3-5-8-12)18-15(13)14-9-6-10-21-14/h3-11H,2H2,1H3,(H,17,20). The summed E-state index contributed by atoms with van der Waals surface area (Å²) in [6.45, 7) is 2.50. The van der Waals surface area contributed by atoms with Crippen molar-refractivity contribution < 1.29 is 4.79 Å². The Balaban J connectivity index is 2.09. The van der Waals surface area contributed by atoms with Crippen LogP contribution in [0, 0.1) is 0 Å². The first-order valence-corrected chi connectivity index (χ1v) is 7.64. The van der Waals surface area contributed by atoms with Crippen LogP contribution in [0.3, 0.4) is 0 Å². The SMILES string of the molecule is CCNC(=O)c1cn(-c2ccccc2)nc1-c1cccs1. The molecule has 2 aromatic heterocycles. The number of nitrogens with zero attached hydrogens (tertiary/aromatic N) is 2. The van der Waals surface area contributed by atoms with Crippen LogP contribution >= 0.6 is 11.3 Å². The van der Waals surface area contributed by atoms with E-state index in [1.165, 1.54) is 0 Å². The molecule has 0 aliphatic heterocycles. The van der Waals surface area contributed by atoms with E-state index in [9.17, 15) is 4.79 Å². The zero-order valence-electron chi connectivity index (χ0n) is 11.6. The van der Waals surface area contributed by atoms with Gasteiger partial charge in [-0.15, -0.1) is 11.3 Å². The Labute approximate surface area is 127 Å². The molecule has 0 saturated heterocycles. The van der Waals surface area contributed by atoms with E-state index in [-0.39, 0.29) is 5.91 Å². The summed E-state index contributed by atoms with van der Waals surface area (Å²) < 4.78 is 1.75. The van der Waals surface area contributed by atoms with E-state index in [0.29, 0.717) is 12.1 Å². The van der Waals surface area contributed by atoms with Crippen molar-refractivity contribution in [2.24, 2.45) is 0 Å². The molecule has 1 N–H and O–H groups in total. The highest BCUT2D eigenvalue weighted by molar-refractivity contribution is 7.13. The van der Waals surface area contributed by atoms with Gasteiger partial charge in [0.15, 0.2) is 0 Å². The molecule has 0 unspecified atom stereocenters. The minimum absolute atomic E-state index is 0.0944. The molecule has 0 aliphatic carbocycles. The Morgan fingerprint density at radius 1 is 1.24 bits per heavy atom. The molecule has 1 amide bonds. The van der Waals surface area contributed by atoms with E-state index in [4.69, 9.17) is 0 Å². The largest absolute Gasteiger partial charge is 0.352 e. The van der Waals surface area contributed by atoms with Crippen LogP contribution in [-0.4, -0.2) is 22.2 Å². The molecule has 4 nitrogen and oxygen atoms in total. The number of carbonyl (C=O) groups excluding carboxylic acids is 1. The van der Waals surface area contributed by atoms with E-state index in [1.807, 2.05) is 54.8 Å². The molecule has 106 valence electrons. The van der Waals surface area contributed by atoms with Gasteiger partial charge in [-0.1, -0.05) is 24.3 Å². The number of aromatic nitrogens is 2. The van der Waals surface area contributed by atoms with Gasteiger partial charge < -0.3 is 5.32 Å². The fourth-order valence-corrected chi connectivity index (χ4v) is 2.83. The zero-order valence-corrected chi connectivity index (χ0v) is 12.4. The summed E-state index contributed by atoms with van der Waals surface area (Å²) in [5.74, 6) is -0.0944. The molecule has 0 aliphatic rings. The van der Waals surface area contributed by atoms with E-state index in [0.717, 1.165) is 16.3 Å². The second-order valence-electron chi connectivity index (χ2n) is 4.51. The lowest BCUT2D eigenvalue weighted by Crippen LogP contribution is -2.22. The molecule has 3 rings (SSSR count). The molecule has 1 aromatic carbocycles. The van der Waals surface area contributed by atoms with Gasteiger partial charge in [0, 0.05) is 12.7 Å². The van der Waals surface area contributed by atoms with Crippen LogP contribution in [0.5, 0.6) is 0 Å². The maximum Gasteiger partial charge on any atom is 0.255 e. The first-order valence-electron chi connectivity index (χ1n) is 6.76. The van der Waals surface area contributed by atoms with Crippen molar-refractivity contribution in [1.82, 2.24) is 15.1 Å². The average molecular weight is 297 g/mol. The number of nitrogens with one attached hydrogen (secondary N) is 1. The third kappa shape index (κ3) is 2.73. The van der Waals surface area contributed by atoms with Crippen LogP contribution in [-0.2, 0) is 0 Å². The maximum atomic E-state index is 12.2. The minimum Gasteiger partial charge on any atom is -0.352 e. The van der Waals surface area contributed by atoms with Gasteiger partial charge in [-0.3, -0.25) is 4.79 Å². The van der Waals surface area contributed by atoms with Crippen molar-refractivity contribution in [2.75, 3.05) is 6.54 Å². The molecule has 0 saturated carbocycles. The Morgan fingerprint density at radius 2 is 2.05 bits per heavy atom. The molecular weight excluding hydrogens is 282 g/mol. The van der Waals surface area contributed by atoms with Gasteiger partial charge in [-0.25, -0.2) is 4.68 Å². The predicted octanol–water partition coefficient (Wildman–Crippen LogP) is 3.35. The number of benzene rings is 1. The summed E-state index contributed by atoms with van der Waals surface area (Å²) in [6.07, 6.45) is 1.79. The number of thiophene rings is 1. The summed E-state index contributed by atoms with van der Waals surface area (Å²) in [4.78, 5) is 13.2. The van der Waals surface area contributed by atoms with Gasteiger partial charge in [0.25, 0.3) is 5.91 Å². The van der Waals surface area contributed by atoms with Crippen LogP contribution < -0.4 is 5.32 Å². The Hall–Kier alpha value is -2.40. The van der Waals surface area contributed by atoms with Crippen molar-refractivity contribution in [3.8, 4) is 16.3 Å². The Morgan fingerprint density at radius 3 is 2.71 bits per heavy atom. The number of hydrogen-bond donors (Lipinski definition) is 1. The molecule has 0 spiro atoms. The number of carbonyl (C=O) groups is 1. The molecule has 5 heteroatoms. The predicted molar refractivity (Wildman–Crippen MR) is 84.9 cm³/mol. The summed E-state index contributed by atoms with van der Waals surface area (Å²) in [5.41, 5.74) is 2.26. The fourth-order valence-electron chi connectivity index (χ4n) is 2.10. The molecule has 3 aromatic rings. The van der Waals surface area contributed by atoms with Gasteiger partial charge in [0.2, 0.25) is 0 Å². The topological polar surface area (TPSA) is 46.9 Å².